The molecule has 0 aliphatic carbocycles. The van der Waals surface area contributed by atoms with Gasteiger partial charge in [0.15, 0.2) is 5.82 Å². The molecule has 140 valence electrons. The Kier molecular flexibility index (Phi) is 5.86. The van der Waals surface area contributed by atoms with E-state index in [0.29, 0.717) is 18.3 Å². The SMILES string of the molecule is CC.Cc1ccc(Nc2nc(N)nc(CN3CCc4ccccc43)n2)cc1. The molecule has 0 saturated heterocycles. The fourth-order valence-corrected chi connectivity index (χ4v) is 3.07. The number of hydrogen-bond donors (Lipinski definition) is 2. The zero-order valence-corrected chi connectivity index (χ0v) is 16.1. The second kappa shape index (κ2) is 8.49. The molecule has 0 spiro atoms. The molecule has 2 aromatic carbocycles. The molecule has 0 unspecified atom stereocenters. The molecule has 0 atom stereocenters. The van der Waals surface area contributed by atoms with E-state index in [0.717, 1.165) is 18.7 Å². The fraction of sp³-hybridized carbons (Fsp3) is 0.286. The Hall–Kier alpha value is -3.15. The van der Waals surface area contributed by atoms with Gasteiger partial charge in [-0.25, -0.2) is 0 Å². The van der Waals surface area contributed by atoms with Crippen LogP contribution in [0.3, 0.4) is 0 Å². The molecule has 0 fully saturated rings. The number of aromatic nitrogens is 3. The molecule has 0 saturated carbocycles. The van der Waals surface area contributed by atoms with E-state index in [1.165, 1.54) is 16.8 Å². The summed E-state index contributed by atoms with van der Waals surface area (Å²) >= 11 is 0. The van der Waals surface area contributed by atoms with E-state index in [1.807, 2.05) is 38.1 Å². The predicted octanol–water partition coefficient (Wildman–Crippen LogP) is 4.09. The second-order valence-electron chi connectivity index (χ2n) is 6.22. The second-order valence-corrected chi connectivity index (χ2v) is 6.22. The van der Waals surface area contributed by atoms with Gasteiger partial charge >= 0.3 is 0 Å². The van der Waals surface area contributed by atoms with Crippen molar-refractivity contribution in [3.63, 3.8) is 0 Å². The van der Waals surface area contributed by atoms with Gasteiger partial charge < -0.3 is 16.0 Å². The minimum Gasteiger partial charge on any atom is -0.368 e. The summed E-state index contributed by atoms with van der Waals surface area (Å²) in [6.07, 6.45) is 1.05. The van der Waals surface area contributed by atoms with Crippen molar-refractivity contribution in [1.82, 2.24) is 15.0 Å². The van der Waals surface area contributed by atoms with Gasteiger partial charge in [0.2, 0.25) is 11.9 Å². The number of nitrogens with zero attached hydrogens (tertiary/aromatic N) is 4. The van der Waals surface area contributed by atoms with Crippen LogP contribution < -0.4 is 16.0 Å². The van der Waals surface area contributed by atoms with Crippen molar-refractivity contribution in [3.05, 3.63) is 65.5 Å². The molecule has 0 radical (unpaired) electrons. The van der Waals surface area contributed by atoms with Crippen molar-refractivity contribution in [1.29, 1.82) is 0 Å². The molecule has 6 nitrogen and oxygen atoms in total. The van der Waals surface area contributed by atoms with E-state index >= 15 is 0 Å². The van der Waals surface area contributed by atoms with Gasteiger partial charge in [0.1, 0.15) is 0 Å². The fourth-order valence-electron chi connectivity index (χ4n) is 3.07. The maximum absolute atomic E-state index is 5.89. The van der Waals surface area contributed by atoms with Gasteiger partial charge in [-0.3, -0.25) is 0 Å². The highest BCUT2D eigenvalue weighted by molar-refractivity contribution is 5.58. The summed E-state index contributed by atoms with van der Waals surface area (Å²) in [6, 6.07) is 16.5. The molecule has 4 rings (SSSR count). The summed E-state index contributed by atoms with van der Waals surface area (Å²) < 4.78 is 0. The Balaban J connectivity index is 0.00000102. The van der Waals surface area contributed by atoms with E-state index in [2.05, 4.69) is 56.4 Å². The minimum absolute atomic E-state index is 0.229. The van der Waals surface area contributed by atoms with Crippen molar-refractivity contribution in [2.45, 2.75) is 33.7 Å². The van der Waals surface area contributed by atoms with Crippen LogP contribution in [0.25, 0.3) is 0 Å². The molecule has 1 aromatic heterocycles. The van der Waals surface area contributed by atoms with Crippen LogP contribution in [0.15, 0.2) is 48.5 Å². The van der Waals surface area contributed by atoms with Crippen molar-refractivity contribution in [2.24, 2.45) is 0 Å². The number of fused-ring (bicyclic) bond motifs is 1. The van der Waals surface area contributed by atoms with Crippen LogP contribution in [-0.2, 0) is 13.0 Å². The van der Waals surface area contributed by atoms with E-state index in [1.54, 1.807) is 0 Å². The molecule has 1 aliphatic rings. The number of hydrogen-bond acceptors (Lipinski definition) is 6. The molecule has 1 aliphatic heterocycles. The highest BCUT2D eigenvalue weighted by Gasteiger charge is 2.19. The largest absolute Gasteiger partial charge is 0.368 e. The molecule has 0 amide bonds. The first-order valence-electron chi connectivity index (χ1n) is 9.34. The normalized spacial score (nSPS) is 12.2. The molecular weight excluding hydrogens is 336 g/mol. The average molecular weight is 362 g/mol. The van der Waals surface area contributed by atoms with Gasteiger partial charge in [0.25, 0.3) is 0 Å². The van der Waals surface area contributed by atoms with Crippen LogP contribution in [0, 0.1) is 6.92 Å². The molecule has 0 bridgehead atoms. The highest BCUT2D eigenvalue weighted by Crippen LogP contribution is 2.28. The van der Waals surface area contributed by atoms with E-state index in [-0.39, 0.29) is 5.95 Å². The van der Waals surface area contributed by atoms with Gasteiger partial charge in [0.05, 0.1) is 6.54 Å². The number of nitrogen functional groups attached to an aromatic ring is 1. The summed E-state index contributed by atoms with van der Waals surface area (Å²) in [5, 5.41) is 3.20. The summed E-state index contributed by atoms with van der Waals surface area (Å²) in [7, 11) is 0. The molecule has 2 heterocycles. The zero-order valence-electron chi connectivity index (χ0n) is 16.1. The molecule has 3 N–H and O–H groups in total. The molecule has 3 aromatic rings. The first kappa shape index (κ1) is 18.6. The third kappa shape index (κ3) is 4.53. The Morgan fingerprint density at radius 2 is 1.74 bits per heavy atom. The monoisotopic (exact) mass is 362 g/mol. The Morgan fingerprint density at radius 1 is 1.00 bits per heavy atom. The third-order valence-corrected chi connectivity index (χ3v) is 4.32. The number of aryl methyl sites for hydroxylation is 1. The van der Waals surface area contributed by atoms with Crippen LogP contribution in [0.4, 0.5) is 23.3 Å². The van der Waals surface area contributed by atoms with Crippen LogP contribution in [0.1, 0.15) is 30.8 Å². The lowest BCUT2D eigenvalue weighted by atomic mass is 10.2. The van der Waals surface area contributed by atoms with Gasteiger partial charge in [-0.15, -0.1) is 0 Å². The van der Waals surface area contributed by atoms with Crippen LogP contribution in [-0.4, -0.2) is 21.5 Å². The van der Waals surface area contributed by atoms with E-state index in [9.17, 15) is 0 Å². The van der Waals surface area contributed by atoms with Crippen LogP contribution in [0.5, 0.6) is 0 Å². The first-order valence-corrected chi connectivity index (χ1v) is 9.34. The lowest BCUT2D eigenvalue weighted by molar-refractivity contribution is 0.780. The molecular formula is C21H26N6. The van der Waals surface area contributed by atoms with Crippen molar-refractivity contribution in [3.8, 4) is 0 Å². The zero-order chi connectivity index (χ0) is 19.2. The maximum atomic E-state index is 5.89. The van der Waals surface area contributed by atoms with Gasteiger partial charge in [-0.05, 0) is 37.1 Å². The maximum Gasteiger partial charge on any atom is 0.232 e. The van der Waals surface area contributed by atoms with Crippen molar-refractivity contribution >= 4 is 23.3 Å². The number of anilines is 4. The number of nitrogens with two attached hydrogens (primary N) is 1. The van der Waals surface area contributed by atoms with Gasteiger partial charge in [-0.2, -0.15) is 15.0 Å². The van der Waals surface area contributed by atoms with Crippen LogP contribution >= 0.6 is 0 Å². The average Bonchev–Trinajstić information content (AvgIpc) is 3.08. The minimum atomic E-state index is 0.229. The summed E-state index contributed by atoms with van der Waals surface area (Å²) in [5.41, 5.74) is 10.6. The van der Waals surface area contributed by atoms with Crippen molar-refractivity contribution < 1.29 is 0 Å². The third-order valence-electron chi connectivity index (χ3n) is 4.32. The topological polar surface area (TPSA) is 80.0 Å². The molecule has 6 heteroatoms. The Labute approximate surface area is 160 Å². The lowest BCUT2D eigenvalue weighted by Crippen LogP contribution is -2.22. The smallest absolute Gasteiger partial charge is 0.232 e. The molecule has 27 heavy (non-hydrogen) atoms. The standard InChI is InChI=1S/C19H20N6.C2H6/c1-13-6-8-15(9-7-13)21-19-23-17(22-18(20)24-19)12-25-11-10-14-4-2-3-5-16(14)25;1-2/h2-9H,10-12H2,1H3,(H3,20,21,22,23,24);1-2H3. The van der Waals surface area contributed by atoms with Gasteiger partial charge in [0, 0.05) is 17.9 Å². The Morgan fingerprint density at radius 3 is 2.52 bits per heavy atom. The van der Waals surface area contributed by atoms with E-state index < -0.39 is 0 Å². The Bertz CT molecular complexity index is 891. The number of rotatable bonds is 4. The number of para-hydroxylation sites is 1. The summed E-state index contributed by atoms with van der Waals surface area (Å²) in [5.74, 6) is 1.37. The number of nitrogens with one attached hydrogen (secondary N) is 1. The van der Waals surface area contributed by atoms with Gasteiger partial charge in [-0.1, -0.05) is 49.7 Å². The quantitative estimate of drug-likeness (QED) is 0.727. The predicted molar refractivity (Wildman–Crippen MR) is 111 cm³/mol. The first-order chi connectivity index (χ1) is 13.2. The highest BCUT2D eigenvalue weighted by atomic mass is 15.2. The summed E-state index contributed by atoms with van der Waals surface area (Å²) in [6.45, 7) is 7.63. The lowest BCUT2D eigenvalue weighted by Gasteiger charge is -2.18. The van der Waals surface area contributed by atoms with Crippen LogP contribution in [0.2, 0.25) is 0 Å². The van der Waals surface area contributed by atoms with Crippen molar-refractivity contribution in [2.75, 3.05) is 22.5 Å². The summed E-state index contributed by atoms with van der Waals surface area (Å²) in [4.78, 5) is 15.3. The number of benzene rings is 2. The van der Waals surface area contributed by atoms with E-state index in [4.69, 9.17) is 5.73 Å².